The lowest BCUT2D eigenvalue weighted by atomic mass is 9.84. The van der Waals surface area contributed by atoms with Crippen LogP contribution in [0.3, 0.4) is 0 Å². The number of carbonyl (C=O) groups excluding carboxylic acids is 3. The van der Waals surface area contributed by atoms with Gasteiger partial charge in [-0.3, -0.25) is 19.0 Å². The second-order valence-corrected chi connectivity index (χ2v) is 9.52. The molecule has 4 aromatic rings. The number of aromatic nitrogens is 2. The van der Waals surface area contributed by atoms with Gasteiger partial charge in [0.15, 0.2) is 16.7 Å². The summed E-state index contributed by atoms with van der Waals surface area (Å²) in [5, 5.41) is 3.63. The van der Waals surface area contributed by atoms with Crippen LogP contribution in [0.25, 0.3) is 5.69 Å². The number of thioether (sulfide) groups is 1. The molecular formula is C26H18ClN3O3S. The Labute approximate surface area is 205 Å². The van der Waals surface area contributed by atoms with Crippen LogP contribution in [-0.2, 0) is 4.79 Å². The number of hydrogen-bond donors (Lipinski definition) is 1. The Hall–Kier alpha value is -3.68. The van der Waals surface area contributed by atoms with Crippen molar-refractivity contribution in [2.75, 3.05) is 5.32 Å². The lowest BCUT2D eigenvalue weighted by Gasteiger charge is -2.19. The van der Waals surface area contributed by atoms with E-state index in [1.54, 1.807) is 61.7 Å². The van der Waals surface area contributed by atoms with Gasteiger partial charge in [0, 0.05) is 51.0 Å². The molecule has 168 valence electrons. The molecule has 0 saturated carbocycles. The summed E-state index contributed by atoms with van der Waals surface area (Å²) in [6.45, 7) is 1.78. The van der Waals surface area contributed by atoms with Gasteiger partial charge in [-0.25, -0.2) is 4.98 Å². The van der Waals surface area contributed by atoms with E-state index >= 15 is 0 Å². The molecule has 0 spiro atoms. The highest BCUT2D eigenvalue weighted by Crippen LogP contribution is 2.30. The number of fused-ring (bicyclic) bond motifs is 2. The molecule has 3 aromatic carbocycles. The van der Waals surface area contributed by atoms with Crippen molar-refractivity contribution in [2.24, 2.45) is 0 Å². The first-order chi connectivity index (χ1) is 16.4. The zero-order valence-electron chi connectivity index (χ0n) is 18.0. The molecule has 1 aliphatic carbocycles. The number of hydrogen-bond acceptors (Lipinski definition) is 5. The Balaban J connectivity index is 1.34. The van der Waals surface area contributed by atoms with Gasteiger partial charge in [-0.05, 0) is 43.3 Å². The summed E-state index contributed by atoms with van der Waals surface area (Å²) in [5.74, 6) is -0.673. The number of anilines is 1. The molecule has 0 saturated heterocycles. The molecule has 34 heavy (non-hydrogen) atoms. The van der Waals surface area contributed by atoms with Gasteiger partial charge in [0.1, 0.15) is 0 Å². The van der Waals surface area contributed by atoms with Gasteiger partial charge in [-0.15, -0.1) is 0 Å². The number of amides is 1. The molecule has 1 heterocycles. The lowest BCUT2D eigenvalue weighted by molar-refractivity contribution is -0.115. The molecular weight excluding hydrogens is 470 g/mol. The molecule has 0 aliphatic heterocycles. The van der Waals surface area contributed by atoms with Gasteiger partial charge in [0.2, 0.25) is 5.91 Å². The molecule has 1 atom stereocenters. The van der Waals surface area contributed by atoms with E-state index in [1.807, 2.05) is 29.0 Å². The first-order valence-corrected chi connectivity index (χ1v) is 11.8. The number of benzene rings is 3. The van der Waals surface area contributed by atoms with E-state index in [9.17, 15) is 14.4 Å². The highest BCUT2D eigenvalue weighted by Gasteiger charge is 2.29. The van der Waals surface area contributed by atoms with E-state index in [1.165, 1.54) is 11.8 Å². The number of imidazole rings is 1. The standard InChI is InChI=1S/C26H18ClN3O3S/c1-15(34-26-28-11-12-30(26)18-6-4-5-16(27)13-18)25(33)29-17-9-10-21-22(14-17)24(32)20-8-3-2-7-19(20)23(21)31/h2-15H,1H3,(H,29,33). The summed E-state index contributed by atoms with van der Waals surface area (Å²) in [4.78, 5) is 43.0. The van der Waals surface area contributed by atoms with Crippen molar-refractivity contribution in [1.82, 2.24) is 9.55 Å². The van der Waals surface area contributed by atoms with Crippen molar-refractivity contribution in [3.63, 3.8) is 0 Å². The molecule has 0 fully saturated rings. The van der Waals surface area contributed by atoms with Crippen LogP contribution in [0.4, 0.5) is 5.69 Å². The number of ketones is 2. The zero-order chi connectivity index (χ0) is 23.8. The van der Waals surface area contributed by atoms with E-state index < -0.39 is 5.25 Å². The molecule has 1 unspecified atom stereocenters. The molecule has 0 radical (unpaired) electrons. The van der Waals surface area contributed by atoms with E-state index in [0.29, 0.717) is 38.1 Å². The number of nitrogens with zero attached hydrogens (tertiary/aromatic N) is 2. The van der Waals surface area contributed by atoms with Gasteiger partial charge in [-0.2, -0.15) is 0 Å². The first kappa shape index (κ1) is 22.1. The lowest BCUT2D eigenvalue weighted by Crippen LogP contribution is -2.24. The normalized spacial score (nSPS) is 13.2. The predicted molar refractivity (Wildman–Crippen MR) is 132 cm³/mol. The van der Waals surface area contributed by atoms with Gasteiger partial charge in [-0.1, -0.05) is 53.7 Å². The maximum absolute atomic E-state index is 12.9. The molecule has 1 aromatic heterocycles. The molecule has 1 amide bonds. The predicted octanol–water partition coefficient (Wildman–Crippen LogP) is 5.42. The highest BCUT2D eigenvalue weighted by atomic mass is 35.5. The average molecular weight is 488 g/mol. The first-order valence-electron chi connectivity index (χ1n) is 10.5. The summed E-state index contributed by atoms with van der Waals surface area (Å²) in [7, 11) is 0. The van der Waals surface area contributed by atoms with Crippen LogP contribution in [0.2, 0.25) is 5.02 Å². The Morgan fingerprint density at radius 3 is 2.38 bits per heavy atom. The monoisotopic (exact) mass is 487 g/mol. The quantitative estimate of drug-likeness (QED) is 0.335. The Bertz CT molecular complexity index is 1460. The fraction of sp³-hybridized carbons (Fsp3) is 0.0769. The zero-order valence-corrected chi connectivity index (χ0v) is 19.6. The maximum atomic E-state index is 12.9. The van der Waals surface area contributed by atoms with Crippen LogP contribution < -0.4 is 5.32 Å². The van der Waals surface area contributed by atoms with Crippen LogP contribution in [0.1, 0.15) is 38.8 Å². The van der Waals surface area contributed by atoms with Crippen LogP contribution in [-0.4, -0.2) is 32.3 Å². The van der Waals surface area contributed by atoms with Crippen LogP contribution in [0.15, 0.2) is 84.3 Å². The molecule has 1 N–H and O–H groups in total. The minimum absolute atomic E-state index is 0.195. The molecule has 1 aliphatic rings. The minimum Gasteiger partial charge on any atom is -0.325 e. The number of carbonyl (C=O) groups is 3. The van der Waals surface area contributed by atoms with Crippen molar-refractivity contribution >= 4 is 46.5 Å². The highest BCUT2D eigenvalue weighted by molar-refractivity contribution is 8.00. The SMILES string of the molecule is CC(Sc1nccn1-c1cccc(Cl)c1)C(=O)Nc1ccc2c(c1)C(=O)c1ccccc1C2=O. The Kier molecular flexibility index (Phi) is 5.81. The van der Waals surface area contributed by atoms with Crippen molar-refractivity contribution in [1.29, 1.82) is 0 Å². The third kappa shape index (κ3) is 4.04. The Morgan fingerprint density at radius 1 is 0.941 bits per heavy atom. The third-order valence-corrected chi connectivity index (χ3v) is 6.85. The van der Waals surface area contributed by atoms with Crippen molar-refractivity contribution in [3.8, 4) is 5.69 Å². The Morgan fingerprint density at radius 2 is 1.65 bits per heavy atom. The van der Waals surface area contributed by atoms with E-state index in [0.717, 1.165) is 5.69 Å². The summed E-state index contributed by atoms with van der Waals surface area (Å²) in [5.41, 5.74) is 2.71. The maximum Gasteiger partial charge on any atom is 0.237 e. The number of halogens is 1. The van der Waals surface area contributed by atoms with Gasteiger partial charge in [0.05, 0.1) is 5.25 Å². The molecule has 5 rings (SSSR count). The smallest absolute Gasteiger partial charge is 0.237 e. The van der Waals surface area contributed by atoms with E-state index in [-0.39, 0.29) is 17.5 Å². The van der Waals surface area contributed by atoms with Crippen LogP contribution in [0.5, 0.6) is 0 Å². The fourth-order valence-electron chi connectivity index (χ4n) is 3.83. The minimum atomic E-state index is -0.477. The second kappa shape index (κ2) is 8.93. The molecule has 8 heteroatoms. The third-order valence-electron chi connectivity index (χ3n) is 5.54. The van der Waals surface area contributed by atoms with E-state index in [2.05, 4.69) is 10.3 Å². The van der Waals surface area contributed by atoms with Crippen LogP contribution >= 0.6 is 23.4 Å². The number of nitrogens with one attached hydrogen (secondary N) is 1. The summed E-state index contributed by atoms with van der Waals surface area (Å²) >= 11 is 7.41. The summed E-state index contributed by atoms with van der Waals surface area (Å²) in [6.07, 6.45) is 3.47. The van der Waals surface area contributed by atoms with E-state index in [4.69, 9.17) is 11.6 Å². The molecule has 6 nitrogen and oxygen atoms in total. The average Bonchev–Trinajstić information content (AvgIpc) is 3.30. The van der Waals surface area contributed by atoms with Gasteiger partial charge >= 0.3 is 0 Å². The van der Waals surface area contributed by atoms with Gasteiger partial charge in [0.25, 0.3) is 0 Å². The fourth-order valence-corrected chi connectivity index (χ4v) is 4.90. The van der Waals surface area contributed by atoms with Gasteiger partial charge < -0.3 is 5.32 Å². The second-order valence-electron chi connectivity index (χ2n) is 7.77. The summed E-state index contributed by atoms with van der Waals surface area (Å²) < 4.78 is 1.86. The largest absolute Gasteiger partial charge is 0.325 e. The number of rotatable bonds is 5. The van der Waals surface area contributed by atoms with Crippen molar-refractivity contribution < 1.29 is 14.4 Å². The van der Waals surface area contributed by atoms with Crippen molar-refractivity contribution in [3.05, 3.63) is 106 Å². The van der Waals surface area contributed by atoms with Crippen molar-refractivity contribution in [2.45, 2.75) is 17.3 Å². The topological polar surface area (TPSA) is 81.1 Å². The van der Waals surface area contributed by atoms with Crippen LogP contribution in [0, 0.1) is 0 Å². The summed E-state index contributed by atoms with van der Waals surface area (Å²) in [6, 6.07) is 18.9. The molecule has 0 bridgehead atoms.